The van der Waals surface area contributed by atoms with Crippen LogP contribution in [0.3, 0.4) is 0 Å². The van der Waals surface area contributed by atoms with E-state index in [2.05, 4.69) is 6.92 Å². The molecular formula is C16H26N2O2S. The Hall–Kier alpha value is -0.910. The molecule has 0 heterocycles. The zero-order valence-electron chi connectivity index (χ0n) is 13.0. The van der Waals surface area contributed by atoms with E-state index in [1.165, 1.54) is 4.31 Å². The highest BCUT2D eigenvalue weighted by molar-refractivity contribution is 7.89. The van der Waals surface area contributed by atoms with Gasteiger partial charge in [-0.1, -0.05) is 31.5 Å². The van der Waals surface area contributed by atoms with E-state index >= 15 is 0 Å². The van der Waals surface area contributed by atoms with Crippen LogP contribution in [0.5, 0.6) is 0 Å². The number of likely N-dealkylation sites (N-methyl/N-ethyl adjacent to an activating group) is 1. The van der Waals surface area contributed by atoms with Crippen LogP contribution < -0.4 is 5.73 Å². The Labute approximate surface area is 128 Å². The van der Waals surface area contributed by atoms with Crippen LogP contribution in [0.4, 0.5) is 0 Å². The summed E-state index contributed by atoms with van der Waals surface area (Å²) in [7, 11) is -1.80. The predicted octanol–water partition coefficient (Wildman–Crippen LogP) is 2.60. The van der Waals surface area contributed by atoms with Crippen molar-refractivity contribution in [3.8, 4) is 0 Å². The number of rotatable bonds is 5. The summed E-state index contributed by atoms with van der Waals surface area (Å²) in [5, 5.41) is 0. The Morgan fingerprint density at radius 1 is 1.24 bits per heavy atom. The van der Waals surface area contributed by atoms with Crippen molar-refractivity contribution in [2.75, 3.05) is 13.6 Å². The minimum atomic E-state index is -3.48. The fourth-order valence-corrected chi connectivity index (χ4v) is 4.86. The maximum Gasteiger partial charge on any atom is 0.243 e. The van der Waals surface area contributed by atoms with E-state index in [-0.39, 0.29) is 0 Å². The topological polar surface area (TPSA) is 63.4 Å². The van der Waals surface area contributed by atoms with Crippen LogP contribution in [0.1, 0.15) is 39.0 Å². The smallest absolute Gasteiger partial charge is 0.243 e. The van der Waals surface area contributed by atoms with Gasteiger partial charge in [0, 0.05) is 19.1 Å². The lowest BCUT2D eigenvalue weighted by molar-refractivity contribution is 0.128. The molecule has 1 aromatic carbocycles. The Bertz CT molecular complexity index is 549. The Kier molecular flexibility index (Phi) is 5.07. The maximum absolute atomic E-state index is 12.8. The van der Waals surface area contributed by atoms with Crippen molar-refractivity contribution in [2.24, 2.45) is 11.7 Å². The second kappa shape index (κ2) is 6.46. The highest BCUT2D eigenvalue weighted by atomic mass is 32.2. The summed E-state index contributed by atoms with van der Waals surface area (Å²) in [5.74, 6) is 0.706. The number of hydrogen-bond acceptors (Lipinski definition) is 3. The number of sulfonamides is 1. The first-order chi connectivity index (χ1) is 9.96. The fourth-order valence-electron chi connectivity index (χ4n) is 3.28. The molecule has 1 saturated carbocycles. The molecule has 21 heavy (non-hydrogen) atoms. The summed E-state index contributed by atoms with van der Waals surface area (Å²) in [6, 6.07) is 8.62. The summed E-state index contributed by atoms with van der Waals surface area (Å²) >= 11 is 0. The molecule has 0 bridgehead atoms. The molecule has 1 aliphatic carbocycles. The largest absolute Gasteiger partial charge is 0.329 e. The van der Waals surface area contributed by atoms with E-state index in [1.807, 2.05) is 6.07 Å². The number of nitrogens with zero attached hydrogens (tertiary/aromatic N) is 1. The fraction of sp³-hybridized carbons (Fsp3) is 0.625. The number of benzene rings is 1. The molecule has 0 aromatic heterocycles. The standard InChI is InChI=1S/C16H26N2O2S/c1-3-14-9-11-16(13-17,12-10-14)18(2)21(19,20)15-7-5-4-6-8-15/h4-8,14H,3,9-13,17H2,1-2H3. The second-order valence-corrected chi connectivity index (χ2v) is 8.03. The molecule has 2 N–H and O–H groups in total. The number of hydrogen-bond donors (Lipinski definition) is 1. The highest BCUT2D eigenvalue weighted by Gasteiger charge is 2.42. The van der Waals surface area contributed by atoms with E-state index in [4.69, 9.17) is 5.73 Å². The molecule has 118 valence electrons. The van der Waals surface area contributed by atoms with Crippen molar-refractivity contribution in [1.29, 1.82) is 0 Å². The minimum Gasteiger partial charge on any atom is -0.329 e. The van der Waals surface area contributed by atoms with Gasteiger partial charge in [-0.2, -0.15) is 4.31 Å². The predicted molar refractivity (Wildman–Crippen MR) is 85.4 cm³/mol. The normalized spacial score (nSPS) is 27.0. The van der Waals surface area contributed by atoms with Gasteiger partial charge in [-0.25, -0.2) is 8.42 Å². The van der Waals surface area contributed by atoms with Crippen LogP contribution in [0.15, 0.2) is 35.2 Å². The lowest BCUT2D eigenvalue weighted by Gasteiger charge is -2.45. The van der Waals surface area contributed by atoms with Crippen LogP contribution in [-0.2, 0) is 10.0 Å². The lowest BCUT2D eigenvalue weighted by atomic mass is 9.75. The Morgan fingerprint density at radius 2 is 1.81 bits per heavy atom. The van der Waals surface area contributed by atoms with Gasteiger partial charge in [-0.15, -0.1) is 0 Å². The first kappa shape index (κ1) is 16.5. The third-order valence-electron chi connectivity index (χ3n) is 5.06. The zero-order chi connectivity index (χ0) is 15.5. The average Bonchev–Trinajstić information content (AvgIpc) is 2.55. The van der Waals surface area contributed by atoms with Crippen molar-refractivity contribution in [2.45, 2.75) is 49.5 Å². The average molecular weight is 310 g/mol. The third-order valence-corrected chi connectivity index (χ3v) is 7.04. The monoisotopic (exact) mass is 310 g/mol. The van der Waals surface area contributed by atoms with Gasteiger partial charge in [-0.3, -0.25) is 0 Å². The maximum atomic E-state index is 12.8. The van der Waals surface area contributed by atoms with Crippen LogP contribution >= 0.6 is 0 Å². The summed E-state index contributed by atoms with van der Waals surface area (Å²) in [6.45, 7) is 2.58. The van der Waals surface area contributed by atoms with E-state index < -0.39 is 15.6 Å². The summed E-state index contributed by atoms with van der Waals surface area (Å²) in [6.07, 6.45) is 4.98. The summed E-state index contributed by atoms with van der Waals surface area (Å²) < 4.78 is 27.2. The van der Waals surface area contributed by atoms with E-state index in [0.717, 1.165) is 32.1 Å². The van der Waals surface area contributed by atoms with Gasteiger partial charge < -0.3 is 5.73 Å². The van der Waals surface area contributed by atoms with Gasteiger partial charge in [0.2, 0.25) is 10.0 Å². The van der Waals surface area contributed by atoms with Crippen molar-refractivity contribution >= 4 is 10.0 Å². The van der Waals surface area contributed by atoms with Crippen LogP contribution in [0, 0.1) is 5.92 Å². The summed E-state index contributed by atoms with van der Waals surface area (Å²) in [4.78, 5) is 0.345. The first-order valence-electron chi connectivity index (χ1n) is 7.70. The molecule has 0 unspecified atom stereocenters. The molecule has 5 heteroatoms. The van der Waals surface area contributed by atoms with Crippen molar-refractivity contribution < 1.29 is 8.42 Å². The van der Waals surface area contributed by atoms with Gasteiger partial charge in [-0.05, 0) is 43.7 Å². The zero-order valence-corrected chi connectivity index (χ0v) is 13.8. The van der Waals surface area contributed by atoms with Gasteiger partial charge in [0.25, 0.3) is 0 Å². The summed E-state index contributed by atoms with van der Waals surface area (Å²) in [5.41, 5.74) is 5.56. The molecule has 0 spiro atoms. The molecule has 0 amide bonds. The third kappa shape index (κ3) is 3.15. The minimum absolute atomic E-state index is 0.345. The first-order valence-corrected chi connectivity index (χ1v) is 9.14. The van der Waals surface area contributed by atoms with Gasteiger partial charge >= 0.3 is 0 Å². The van der Waals surface area contributed by atoms with Crippen molar-refractivity contribution in [3.05, 3.63) is 30.3 Å². The molecule has 0 atom stereocenters. The van der Waals surface area contributed by atoms with E-state index in [1.54, 1.807) is 31.3 Å². The van der Waals surface area contributed by atoms with Crippen molar-refractivity contribution in [3.63, 3.8) is 0 Å². The van der Waals surface area contributed by atoms with Crippen LogP contribution in [0.25, 0.3) is 0 Å². The molecule has 4 nitrogen and oxygen atoms in total. The highest BCUT2D eigenvalue weighted by Crippen LogP contribution is 2.38. The number of nitrogens with two attached hydrogens (primary N) is 1. The second-order valence-electron chi connectivity index (χ2n) is 6.07. The molecule has 0 radical (unpaired) electrons. The molecule has 1 fully saturated rings. The van der Waals surface area contributed by atoms with Crippen LogP contribution in [0.2, 0.25) is 0 Å². The van der Waals surface area contributed by atoms with Gasteiger partial charge in [0.05, 0.1) is 4.90 Å². The van der Waals surface area contributed by atoms with Crippen molar-refractivity contribution in [1.82, 2.24) is 4.31 Å². The van der Waals surface area contributed by atoms with Gasteiger partial charge in [0.15, 0.2) is 0 Å². The molecule has 0 saturated heterocycles. The quantitative estimate of drug-likeness (QED) is 0.909. The molecule has 2 rings (SSSR count). The van der Waals surface area contributed by atoms with E-state index in [9.17, 15) is 8.42 Å². The molecule has 1 aliphatic rings. The van der Waals surface area contributed by atoms with E-state index in [0.29, 0.717) is 17.4 Å². The Balaban J connectivity index is 2.27. The van der Waals surface area contributed by atoms with Gasteiger partial charge in [0.1, 0.15) is 0 Å². The van der Waals surface area contributed by atoms with Crippen LogP contribution in [-0.4, -0.2) is 31.9 Å². The molecular weight excluding hydrogens is 284 g/mol. The lowest BCUT2D eigenvalue weighted by Crippen LogP contribution is -2.56. The molecule has 1 aromatic rings. The Morgan fingerprint density at radius 3 is 2.29 bits per heavy atom. The SMILES string of the molecule is CCC1CCC(CN)(N(C)S(=O)(=O)c2ccccc2)CC1. The molecule has 0 aliphatic heterocycles.